The monoisotopic (exact) mass is 447 g/mol. The highest BCUT2D eigenvalue weighted by Gasteiger charge is 2.45. The van der Waals surface area contributed by atoms with E-state index >= 15 is 0 Å². The number of hydrogen-bond donors (Lipinski definition) is 0. The first-order valence-electron chi connectivity index (χ1n) is 12.1. The lowest BCUT2D eigenvalue weighted by molar-refractivity contribution is 0.117. The second kappa shape index (κ2) is 8.60. The van der Waals surface area contributed by atoms with Gasteiger partial charge in [0.15, 0.2) is 0 Å². The molecule has 5 nitrogen and oxygen atoms in total. The predicted octanol–water partition coefficient (Wildman–Crippen LogP) is 5.03. The van der Waals surface area contributed by atoms with Gasteiger partial charge >= 0.3 is 0 Å². The van der Waals surface area contributed by atoms with Crippen molar-refractivity contribution in [3.63, 3.8) is 0 Å². The van der Waals surface area contributed by atoms with E-state index in [-0.39, 0.29) is 6.17 Å². The van der Waals surface area contributed by atoms with Crippen molar-refractivity contribution in [3.8, 4) is 0 Å². The number of likely N-dealkylation sites (tertiary alicyclic amines) is 1. The summed E-state index contributed by atoms with van der Waals surface area (Å²) >= 11 is 6.18. The molecule has 0 amide bonds. The summed E-state index contributed by atoms with van der Waals surface area (Å²) in [5.74, 6) is 0.573. The first kappa shape index (κ1) is 20.4. The summed E-state index contributed by atoms with van der Waals surface area (Å²) in [5.41, 5.74) is 5.82. The standard InChI is InChI=1S/C26H30ClN5/c27-20-8-4-18(5-9-20)25-24(22-12-13-28-17-29-22)26(32-16-23(32)30-25)19-6-10-21(11-7-19)31-14-2-1-3-15-31/h4-5,8-9,12-13,17,19,21,23H,1-3,6-7,10-11,14-16H2. The molecule has 1 aromatic carbocycles. The molecule has 1 atom stereocenters. The summed E-state index contributed by atoms with van der Waals surface area (Å²) in [6, 6.07) is 10.9. The number of rotatable bonds is 4. The van der Waals surface area contributed by atoms with Crippen molar-refractivity contribution >= 4 is 22.9 Å². The minimum atomic E-state index is 0.279. The van der Waals surface area contributed by atoms with Gasteiger partial charge in [-0.25, -0.2) is 9.97 Å². The van der Waals surface area contributed by atoms with Crippen LogP contribution in [0, 0.1) is 5.92 Å². The molecule has 1 aromatic heterocycles. The maximum Gasteiger partial charge on any atom is 0.139 e. The molecule has 0 radical (unpaired) electrons. The van der Waals surface area contributed by atoms with Crippen LogP contribution >= 0.6 is 11.6 Å². The van der Waals surface area contributed by atoms with Gasteiger partial charge in [-0.15, -0.1) is 0 Å². The number of halogens is 1. The molecule has 4 aliphatic rings. The van der Waals surface area contributed by atoms with Crippen LogP contribution in [0.25, 0.3) is 5.57 Å². The topological polar surface area (TPSA) is 44.4 Å². The molecule has 1 unspecified atom stereocenters. The van der Waals surface area contributed by atoms with Gasteiger partial charge in [0.05, 0.1) is 18.0 Å². The lowest BCUT2D eigenvalue weighted by Crippen LogP contribution is -2.41. The molecule has 0 N–H and O–H groups in total. The average molecular weight is 448 g/mol. The Morgan fingerprint density at radius 3 is 2.41 bits per heavy atom. The number of fused-ring (bicyclic) bond motifs is 1. The lowest BCUT2D eigenvalue weighted by atomic mass is 9.79. The van der Waals surface area contributed by atoms with Gasteiger partial charge < -0.3 is 9.80 Å². The maximum absolute atomic E-state index is 6.18. The van der Waals surface area contributed by atoms with Crippen molar-refractivity contribution in [2.75, 3.05) is 19.6 Å². The molecule has 0 spiro atoms. The molecular weight excluding hydrogens is 418 g/mol. The zero-order chi connectivity index (χ0) is 21.5. The van der Waals surface area contributed by atoms with Crippen LogP contribution in [0.4, 0.5) is 0 Å². The first-order valence-corrected chi connectivity index (χ1v) is 12.5. The highest BCUT2D eigenvalue weighted by atomic mass is 35.5. The molecule has 6 heteroatoms. The van der Waals surface area contributed by atoms with Crippen molar-refractivity contribution in [3.05, 3.63) is 64.8 Å². The third kappa shape index (κ3) is 3.86. The molecule has 3 fully saturated rings. The van der Waals surface area contributed by atoms with Gasteiger partial charge in [0, 0.05) is 34.1 Å². The van der Waals surface area contributed by atoms with Gasteiger partial charge in [0.2, 0.25) is 0 Å². The van der Waals surface area contributed by atoms with E-state index in [0.717, 1.165) is 34.6 Å². The molecule has 0 bridgehead atoms. The molecule has 1 saturated carbocycles. The van der Waals surface area contributed by atoms with Crippen molar-refractivity contribution in [1.29, 1.82) is 0 Å². The van der Waals surface area contributed by atoms with Gasteiger partial charge in [-0.1, -0.05) is 30.2 Å². The first-order chi connectivity index (χ1) is 15.8. The number of hydrogen-bond acceptors (Lipinski definition) is 5. The van der Waals surface area contributed by atoms with Crippen LogP contribution in [0.5, 0.6) is 0 Å². The lowest BCUT2D eigenvalue weighted by Gasteiger charge is -2.40. The molecule has 32 heavy (non-hydrogen) atoms. The van der Waals surface area contributed by atoms with Crippen molar-refractivity contribution in [2.24, 2.45) is 10.9 Å². The zero-order valence-electron chi connectivity index (χ0n) is 18.5. The van der Waals surface area contributed by atoms with Crippen LogP contribution in [-0.4, -0.2) is 57.3 Å². The minimum absolute atomic E-state index is 0.279. The predicted molar refractivity (Wildman–Crippen MR) is 129 cm³/mol. The van der Waals surface area contributed by atoms with Crippen LogP contribution in [0.1, 0.15) is 56.2 Å². The smallest absolute Gasteiger partial charge is 0.139 e. The normalized spacial score (nSPS) is 28.3. The zero-order valence-corrected chi connectivity index (χ0v) is 19.2. The van der Waals surface area contributed by atoms with Gasteiger partial charge in [-0.2, -0.15) is 0 Å². The number of benzene rings is 1. The fourth-order valence-corrected chi connectivity index (χ4v) is 6.06. The number of piperidine rings is 1. The van der Waals surface area contributed by atoms with E-state index in [1.54, 1.807) is 6.33 Å². The highest BCUT2D eigenvalue weighted by molar-refractivity contribution is 6.34. The number of nitrogens with zero attached hydrogens (tertiary/aromatic N) is 5. The minimum Gasteiger partial charge on any atom is -0.347 e. The van der Waals surface area contributed by atoms with E-state index in [4.69, 9.17) is 16.6 Å². The van der Waals surface area contributed by atoms with Crippen molar-refractivity contribution in [1.82, 2.24) is 19.8 Å². The summed E-state index contributed by atoms with van der Waals surface area (Å²) in [7, 11) is 0. The summed E-state index contributed by atoms with van der Waals surface area (Å²) < 4.78 is 0. The molecular formula is C26H30ClN5. The van der Waals surface area contributed by atoms with Crippen LogP contribution in [0.2, 0.25) is 5.02 Å². The maximum atomic E-state index is 6.18. The third-order valence-corrected chi connectivity index (χ3v) is 7.86. The summed E-state index contributed by atoms with van der Waals surface area (Å²) in [4.78, 5) is 19.2. The third-order valence-electron chi connectivity index (χ3n) is 7.61. The largest absolute Gasteiger partial charge is 0.347 e. The Balaban J connectivity index is 1.34. The summed E-state index contributed by atoms with van der Waals surface area (Å²) in [6.07, 6.45) is 13.0. The van der Waals surface area contributed by atoms with E-state index in [2.05, 4.69) is 31.9 Å². The average Bonchev–Trinajstić information content (AvgIpc) is 3.64. The number of aromatic nitrogens is 2. The molecule has 1 aliphatic carbocycles. The number of aliphatic imine (C=N–C) groups is 1. The van der Waals surface area contributed by atoms with E-state index in [1.807, 2.05) is 24.4 Å². The Bertz CT molecular complexity index is 1020. The molecule has 3 aliphatic heterocycles. The van der Waals surface area contributed by atoms with E-state index < -0.39 is 0 Å². The Kier molecular flexibility index (Phi) is 5.48. The van der Waals surface area contributed by atoms with Crippen LogP contribution in [0.3, 0.4) is 0 Å². The Morgan fingerprint density at radius 2 is 1.69 bits per heavy atom. The fourth-order valence-electron chi connectivity index (χ4n) is 5.93. The van der Waals surface area contributed by atoms with Crippen LogP contribution < -0.4 is 0 Å². The van der Waals surface area contributed by atoms with Crippen LogP contribution in [0.15, 0.2) is 53.5 Å². The Labute approximate surface area is 195 Å². The summed E-state index contributed by atoms with van der Waals surface area (Å²) in [5, 5.41) is 0.752. The molecule has 2 aromatic rings. The van der Waals surface area contributed by atoms with Crippen molar-refractivity contribution in [2.45, 2.75) is 57.2 Å². The molecule has 2 saturated heterocycles. The fraction of sp³-hybridized carbons (Fsp3) is 0.500. The molecule has 6 rings (SSSR count). The highest BCUT2D eigenvalue weighted by Crippen LogP contribution is 2.46. The van der Waals surface area contributed by atoms with Gasteiger partial charge in [-0.05, 0) is 75.7 Å². The van der Waals surface area contributed by atoms with Crippen LogP contribution in [-0.2, 0) is 0 Å². The van der Waals surface area contributed by atoms with E-state index in [1.165, 1.54) is 69.3 Å². The van der Waals surface area contributed by atoms with Gasteiger partial charge in [0.25, 0.3) is 0 Å². The quantitative estimate of drug-likeness (QED) is 0.616. The Morgan fingerprint density at radius 1 is 0.906 bits per heavy atom. The SMILES string of the molecule is Clc1ccc(C2=NC3CN3C(C3CCC(N4CCCCC4)CC3)=C2c2ccncn2)cc1. The Hall–Kier alpha value is -2.24. The molecule has 166 valence electrons. The van der Waals surface area contributed by atoms with Gasteiger partial charge in [0.1, 0.15) is 12.5 Å². The number of allylic oxidation sites excluding steroid dienone is 2. The second-order valence-corrected chi connectivity index (χ2v) is 10.0. The van der Waals surface area contributed by atoms with Gasteiger partial charge in [-0.3, -0.25) is 4.99 Å². The van der Waals surface area contributed by atoms with E-state index in [0.29, 0.717) is 5.92 Å². The molecule has 4 heterocycles. The van der Waals surface area contributed by atoms with E-state index in [9.17, 15) is 0 Å². The van der Waals surface area contributed by atoms with Crippen molar-refractivity contribution < 1.29 is 0 Å². The summed E-state index contributed by atoms with van der Waals surface area (Å²) in [6.45, 7) is 3.62. The second-order valence-electron chi connectivity index (χ2n) is 9.57.